The summed E-state index contributed by atoms with van der Waals surface area (Å²) in [4.78, 5) is 2.42. The zero-order valence-electron chi connectivity index (χ0n) is 38.7. The molecule has 0 aliphatic carbocycles. The maximum absolute atomic E-state index is 6.60. The van der Waals surface area contributed by atoms with Crippen molar-refractivity contribution in [3.05, 3.63) is 267 Å². The molecule has 12 aromatic carbocycles. The number of para-hydroxylation sites is 6. The lowest BCUT2D eigenvalue weighted by Gasteiger charge is -2.29. The number of hydrogen-bond donors (Lipinski definition) is 0. The Morgan fingerprint density at radius 1 is 0.296 bits per heavy atom. The van der Waals surface area contributed by atoms with E-state index < -0.39 is 0 Å². The van der Waals surface area contributed by atoms with E-state index in [1.807, 2.05) is 6.07 Å². The Kier molecular flexibility index (Phi) is 9.53. The van der Waals surface area contributed by atoms with Crippen molar-refractivity contribution in [3.63, 3.8) is 0 Å². The van der Waals surface area contributed by atoms with Crippen molar-refractivity contribution in [1.82, 2.24) is 4.57 Å². The van der Waals surface area contributed by atoms with Crippen LogP contribution in [0.1, 0.15) is 0 Å². The minimum atomic E-state index is 0.891. The molecule has 332 valence electrons. The maximum atomic E-state index is 6.60. The number of aromatic nitrogens is 1. The van der Waals surface area contributed by atoms with Crippen molar-refractivity contribution in [3.8, 4) is 50.2 Å². The maximum Gasteiger partial charge on any atom is 0.143 e. The molecule has 0 N–H and O–H groups in total. The highest BCUT2D eigenvalue weighted by molar-refractivity contribution is 6.15. The third kappa shape index (κ3) is 6.74. The van der Waals surface area contributed by atoms with Crippen molar-refractivity contribution >= 4 is 82.4 Å². The van der Waals surface area contributed by atoms with Crippen LogP contribution in [-0.4, -0.2) is 4.57 Å². The van der Waals surface area contributed by atoms with Gasteiger partial charge in [0, 0.05) is 49.6 Å². The van der Waals surface area contributed by atoms with Crippen molar-refractivity contribution in [2.24, 2.45) is 0 Å². The number of nitrogens with zero attached hydrogens (tertiary/aromatic N) is 2. The van der Waals surface area contributed by atoms with Gasteiger partial charge in [0.15, 0.2) is 0 Å². The van der Waals surface area contributed by atoms with Gasteiger partial charge in [-0.2, -0.15) is 0 Å². The van der Waals surface area contributed by atoms with E-state index in [0.29, 0.717) is 0 Å². The van der Waals surface area contributed by atoms with Crippen molar-refractivity contribution in [2.45, 2.75) is 0 Å². The predicted molar refractivity (Wildman–Crippen MR) is 299 cm³/mol. The van der Waals surface area contributed by atoms with E-state index in [-0.39, 0.29) is 0 Å². The van der Waals surface area contributed by atoms with Gasteiger partial charge in [-0.15, -0.1) is 0 Å². The molecular weight excluding hydrogens is 861 g/mol. The smallest absolute Gasteiger partial charge is 0.143 e. The summed E-state index contributed by atoms with van der Waals surface area (Å²) in [6.45, 7) is 0. The second-order valence-corrected chi connectivity index (χ2v) is 18.4. The van der Waals surface area contributed by atoms with Gasteiger partial charge >= 0.3 is 0 Å². The lowest BCUT2D eigenvalue weighted by atomic mass is 9.92. The number of fused-ring (bicyclic) bond motifs is 9. The molecule has 3 heteroatoms. The first-order chi connectivity index (χ1) is 35.2. The first-order valence-corrected chi connectivity index (χ1v) is 24.3. The molecule has 2 aromatic heterocycles. The lowest BCUT2D eigenvalue weighted by molar-refractivity contribution is 0.670. The summed E-state index contributed by atoms with van der Waals surface area (Å²) in [5, 5.41) is 9.68. The fourth-order valence-electron chi connectivity index (χ4n) is 11.2. The van der Waals surface area contributed by atoms with Gasteiger partial charge in [0.05, 0.1) is 22.4 Å². The Bertz CT molecular complexity index is 4310. The van der Waals surface area contributed by atoms with Gasteiger partial charge in [-0.3, -0.25) is 0 Å². The standard InChI is InChI=1S/C68H44N2O/c1-2-23-52-49(18-1)44-62(56-26-4-3-25-55(52)56)59-29-8-11-34-64(59)69(51-22-16-21-48(43-51)54-31-17-32-61-60-30-9-14-37-67(60)71-68(54)61)50-40-38-45(39-41-50)46-19-15-20-47(42-46)53-24-5-10-33-63(53)70-65-35-12-6-27-57(65)58-28-7-13-36-66(58)70/h1-44H. The first kappa shape index (κ1) is 40.6. The third-order valence-corrected chi connectivity index (χ3v) is 14.4. The quantitative estimate of drug-likeness (QED) is 0.142. The molecule has 0 spiro atoms. The summed E-state index contributed by atoms with van der Waals surface area (Å²) in [6.07, 6.45) is 0. The van der Waals surface area contributed by atoms with Crippen LogP contribution in [0.25, 0.3) is 115 Å². The molecule has 3 nitrogen and oxygen atoms in total. The number of hydrogen-bond acceptors (Lipinski definition) is 2. The van der Waals surface area contributed by atoms with Gasteiger partial charge in [0.25, 0.3) is 0 Å². The number of benzene rings is 12. The predicted octanol–water partition coefficient (Wildman–Crippen LogP) is 19.1. The van der Waals surface area contributed by atoms with Gasteiger partial charge in [-0.05, 0) is 116 Å². The SMILES string of the molecule is c1cc(-c2ccc(N(c3cccc(-c4cccc5c4oc4ccccc45)c3)c3ccccc3-c3cc4ccccc4c4ccccc34)cc2)cc(-c2ccccc2-n2c3ccccc3c3ccccc32)c1. The molecule has 0 radical (unpaired) electrons. The van der Waals surface area contributed by atoms with Crippen LogP contribution in [-0.2, 0) is 0 Å². The highest BCUT2D eigenvalue weighted by Gasteiger charge is 2.22. The average molecular weight is 905 g/mol. The molecule has 2 heterocycles. The van der Waals surface area contributed by atoms with Crippen molar-refractivity contribution in [2.75, 3.05) is 4.90 Å². The summed E-state index contributed by atoms with van der Waals surface area (Å²) in [5.74, 6) is 0. The minimum Gasteiger partial charge on any atom is -0.455 e. The Balaban J connectivity index is 0.912. The van der Waals surface area contributed by atoms with Crippen LogP contribution in [0.3, 0.4) is 0 Å². The van der Waals surface area contributed by atoms with Crippen LogP contribution in [0.2, 0.25) is 0 Å². The molecule has 0 aliphatic heterocycles. The van der Waals surface area contributed by atoms with E-state index in [0.717, 1.165) is 72.5 Å². The van der Waals surface area contributed by atoms with E-state index in [4.69, 9.17) is 4.42 Å². The Hall–Kier alpha value is -9.44. The normalized spacial score (nSPS) is 11.7. The summed E-state index contributed by atoms with van der Waals surface area (Å²) in [6, 6.07) is 96.7. The molecule has 0 saturated heterocycles. The van der Waals surface area contributed by atoms with Crippen LogP contribution in [0.15, 0.2) is 271 Å². The largest absolute Gasteiger partial charge is 0.455 e. The van der Waals surface area contributed by atoms with E-state index in [1.165, 1.54) is 60.0 Å². The minimum absolute atomic E-state index is 0.891. The van der Waals surface area contributed by atoms with E-state index in [1.54, 1.807) is 0 Å². The summed E-state index contributed by atoms with van der Waals surface area (Å²) in [5.41, 5.74) is 17.7. The Labute approximate surface area is 411 Å². The number of furan rings is 1. The molecule has 0 fully saturated rings. The molecule has 0 saturated carbocycles. The molecule has 71 heavy (non-hydrogen) atoms. The Morgan fingerprint density at radius 2 is 0.859 bits per heavy atom. The molecule has 0 atom stereocenters. The van der Waals surface area contributed by atoms with E-state index >= 15 is 0 Å². The monoisotopic (exact) mass is 904 g/mol. The average Bonchev–Trinajstić information content (AvgIpc) is 4.00. The third-order valence-electron chi connectivity index (χ3n) is 14.4. The first-order valence-electron chi connectivity index (χ1n) is 24.3. The second kappa shape index (κ2) is 16.7. The van der Waals surface area contributed by atoms with Crippen LogP contribution in [0.4, 0.5) is 17.1 Å². The molecule has 0 unspecified atom stereocenters. The van der Waals surface area contributed by atoms with Crippen molar-refractivity contribution < 1.29 is 4.42 Å². The van der Waals surface area contributed by atoms with Crippen LogP contribution >= 0.6 is 0 Å². The molecule has 14 rings (SSSR count). The Morgan fingerprint density at radius 3 is 1.66 bits per heavy atom. The fraction of sp³-hybridized carbons (Fsp3) is 0. The highest BCUT2D eigenvalue weighted by Crippen LogP contribution is 2.46. The van der Waals surface area contributed by atoms with Gasteiger partial charge in [0.1, 0.15) is 11.2 Å². The molecule has 0 bridgehead atoms. The number of rotatable bonds is 8. The molecule has 0 aliphatic rings. The van der Waals surface area contributed by atoms with Crippen LogP contribution in [0.5, 0.6) is 0 Å². The van der Waals surface area contributed by atoms with Gasteiger partial charge < -0.3 is 13.9 Å². The summed E-state index contributed by atoms with van der Waals surface area (Å²) >= 11 is 0. The van der Waals surface area contributed by atoms with Gasteiger partial charge in [-0.1, -0.05) is 200 Å². The van der Waals surface area contributed by atoms with Gasteiger partial charge in [0.2, 0.25) is 0 Å². The van der Waals surface area contributed by atoms with Crippen LogP contribution < -0.4 is 4.90 Å². The fourth-order valence-corrected chi connectivity index (χ4v) is 11.2. The second-order valence-electron chi connectivity index (χ2n) is 18.4. The summed E-state index contributed by atoms with van der Waals surface area (Å²) < 4.78 is 9.01. The lowest BCUT2D eigenvalue weighted by Crippen LogP contribution is -2.11. The van der Waals surface area contributed by atoms with Gasteiger partial charge in [-0.25, -0.2) is 0 Å². The van der Waals surface area contributed by atoms with E-state index in [9.17, 15) is 0 Å². The topological polar surface area (TPSA) is 21.3 Å². The molecule has 14 aromatic rings. The van der Waals surface area contributed by atoms with Crippen molar-refractivity contribution in [1.29, 1.82) is 0 Å². The zero-order valence-corrected chi connectivity index (χ0v) is 38.7. The zero-order chi connectivity index (χ0) is 46.8. The number of anilines is 3. The van der Waals surface area contributed by atoms with Crippen LogP contribution in [0, 0.1) is 0 Å². The van der Waals surface area contributed by atoms with E-state index in [2.05, 4.69) is 270 Å². The highest BCUT2D eigenvalue weighted by atomic mass is 16.3. The molecular formula is C68H44N2O. The summed E-state index contributed by atoms with van der Waals surface area (Å²) in [7, 11) is 0. The molecule has 0 amide bonds.